The summed E-state index contributed by atoms with van der Waals surface area (Å²) in [5, 5.41) is 19.1. The fraction of sp³-hybridized carbons (Fsp3) is 0.562. The summed E-state index contributed by atoms with van der Waals surface area (Å²) in [5.41, 5.74) is 1.48. The van der Waals surface area contributed by atoms with E-state index in [1.807, 2.05) is 12.1 Å². The number of hydrogen-bond acceptors (Lipinski definition) is 4. The summed E-state index contributed by atoms with van der Waals surface area (Å²) in [4.78, 5) is 4.42. The second-order valence-corrected chi connectivity index (χ2v) is 5.45. The molecule has 110 valence electrons. The molecule has 4 heteroatoms. The number of aliphatic hydroxyl groups is 1. The number of aliphatic hydroxyl groups excluding tert-OH is 1. The molecule has 0 aliphatic heterocycles. The van der Waals surface area contributed by atoms with Gasteiger partial charge in [0.15, 0.2) is 0 Å². The Balaban J connectivity index is 2.66. The largest absolute Gasteiger partial charge is 0.387 e. The van der Waals surface area contributed by atoms with Crippen LogP contribution in [0, 0.1) is 11.3 Å². The summed E-state index contributed by atoms with van der Waals surface area (Å²) in [5.74, 6) is 0. The first kappa shape index (κ1) is 16.6. The third-order valence-electron chi connectivity index (χ3n) is 3.49. The Hall–Kier alpha value is -1.41. The molecule has 0 bridgehead atoms. The maximum Gasteiger partial charge on any atom is 0.0991 e. The van der Waals surface area contributed by atoms with Crippen LogP contribution in [0.5, 0.6) is 0 Å². The van der Waals surface area contributed by atoms with Crippen LogP contribution in [0.4, 0.5) is 0 Å². The molecule has 0 heterocycles. The average Bonchev–Trinajstić information content (AvgIpc) is 2.43. The van der Waals surface area contributed by atoms with Crippen LogP contribution < -0.4 is 0 Å². The average molecular weight is 275 g/mol. The summed E-state index contributed by atoms with van der Waals surface area (Å²) in [7, 11) is 4.11. The Kier molecular flexibility index (Phi) is 6.66. The van der Waals surface area contributed by atoms with Gasteiger partial charge in [0, 0.05) is 19.1 Å². The van der Waals surface area contributed by atoms with Crippen LogP contribution in [-0.4, -0.2) is 54.7 Å². The minimum atomic E-state index is -0.521. The van der Waals surface area contributed by atoms with Gasteiger partial charge in [0.1, 0.15) is 0 Å². The summed E-state index contributed by atoms with van der Waals surface area (Å²) in [6, 6.07) is 9.63. The van der Waals surface area contributed by atoms with Gasteiger partial charge >= 0.3 is 0 Å². The predicted octanol–water partition coefficient (Wildman–Crippen LogP) is 1.86. The summed E-state index contributed by atoms with van der Waals surface area (Å²) < 4.78 is 0. The minimum absolute atomic E-state index is 0.392. The van der Waals surface area contributed by atoms with E-state index in [4.69, 9.17) is 5.26 Å². The molecular weight excluding hydrogens is 250 g/mol. The number of nitriles is 1. The normalized spacial score (nSPS) is 14.3. The Morgan fingerprint density at radius 1 is 1.20 bits per heavy atom. The van der Waals surface area contributed by atoms with Crippen molar-refractivity contribution in [3.63, 3.8) is 0 Å². The summed E-state index contributed by atoms with van der Waals surface area (Å²) in [6.45, 7) is 6.76. The van der Waals surface area contributed by atoms with Crippen molar-refractivity contribution in [2.24, 2.45) is 0 Å². The molecule has 0 aliphatic rings. The van der Waals surface area contributed by atoms with E-state index in [-0.39, 0.29) is 0 Å². The Labute approximate surface area is 122 Å². The van der Waals surface area contributed by atoms with E-state index < -0.39 is 6.10 Å². The highest BCUT2D eigenvalue weighted by atomic mass is 16.3. The van der Waals surface area contributed by atoms with E-state index in [1.165, 1.54) is 0 Å². The van der Waals surface area contributed by atoms with Gasteiger partial charge in [-0.15, -0.1) is 0 Å². The van der Waals surface area contributed by atoms with Gasteiger partial charge in [-0.2, -0.15) is 5.26 Å². The smallest absolute Gasteiger partial charge is 0.0991 e. The van der Waals surface area contributed by atoms with Crippen LogP contribution in [-0.2, 0) is 0 Å². The minimum Gasteiger partial charge on any atom is -0.387 e. The molecule has 0 aliphatic carbocycles. The first-order chi connectivity index (χ1) is 9.47. The van der Waals surface area contributed by atoms with Gasteiger partial charge in [0.05, 0.1) is 17.7 Å². The van der Waals surface area contributed by atoms with E-state index in [0.29, 0.717) is 18.2 Å². The Morgan fingerprint density at radius 2 is 1.80 bits per heavy atom. The van der Waals surface area contributed by atoms with Crippen LogP contribution >= 0.6 is 0 Å². The fourth-order valence-corrected chi connectivity index (χ4v) is 2.37. The highest BCUT2D eigenvalue weighted by Gasteiger charge is 2.17. The maximum absolute atomic E-state index is 10.3. The Bertz CT molecular complexity index is 436. The van der Waals surface area contributed by atoms with E-state index in [0.717, 1.165) is 18.7 Å². The van der Waals surface area contributed by atoms with Crippen LogP contribution in [0.15, 0.2) is 24.3 Å². The van der Waals surface area contributed by atoms with Crippen molar-refractivity contribution in [3.8, 4) is 6.07 Å². The number of benzene rings is 1. The molecular formula is C16H25N3O. The van der Waals surface area contributed by atoms with Crippen molar-refractivity contribution in [1.29, 1.82) is 5.26 Å². The van der Waals surface area contributed by atoms with Gasteiger partial charge in [0.25, 0.3) is 0 Å². The lowest BCUT2D eigenvalue weighted by Crippen LogP contribution is -2.42. The molecule has 0 radical (unpaired) electrons. The molecule has 4 nitrogen and oxygen atoms in total. The van der Waals surface area contributed by atoms with Crippen molar-refractivity contribution < 1.29 is 5.11 Å². The molecule has 1 rings (SSSR count). The Morgan fingerprint density at radius 3 is 2.25 bits per heavy atom. The molecule has 1 aromatic rings. The zero-order valence-corrected chi connectivity index (χ0v) is 12.9. The van der Waals surface area contributed by atoms with Gasteiger partial charge in [-0.3, -0.25) is 4.90 Å². The number of rotatable bonds is 7. The SMILES string of the molecule is CCN(CC(O)c1ccc(C#N)cc1)C(C)CN(C)C. The highest BCUT2D eigenvalue weighted by molar-refractivity contribution is 5.32. The monoisotopic (exact) mass is 275 g/mol. The van der Waals surface area contributed by atoms with Crippen molar-refractivity contribution in [1.82, 2.24) is 9.80 Å². The summed E-state index contributed by atoms with van der Waals surface area (Å²) in [6.07, 6.45) is -0.521. The lowest BCUT2D eigenvalue weighted by Gasteiger charge is -2.31. The van der Waals surface area contributed by atoms with Crippen LogP contribution in [0.2, 0.25) is 0 Å². The molecule has 0 saturated heterocycles. The predicted molar refractivity (Wildman–Crippen MR) is 81.4 cm³/mol. The first-order valence-corrected chi connectivity index (χ1v) is 7.04. The quantitative estimate of drug-likeness (QED) is 0.825. The van der Waals surface area contributed by atoms with E-state index in [1.54, 1.807) is 12.1 Å². The maximum atomic E-state index is 10.3. The molecule has 2 atom stereocenters. The van der Waals surface area contributed by atoms with Crippen LogP contribution in [0.1, 0.15) is 31.1 Å². The first-order valence-electron chi connectivity index (χ1n) is 7.04. The third kappa shape index (κ3) is 4.93. The van der Waals surface area contributed by atoms with E-state index in [2.05, 4.69) is 43.8 Å². The fourth-order valence-electron chi connectivity index (χ4n) is 2.37. The number of nitrogens with zero attached hydrogens (tertiary/aromatic N) is 3. The highest BCUT2D eigenvalue weighted by Crippen LogP contribution is 2.16. The van der Waals surface area contributed by atoms with Crippen molar-refractivity contribution in [2.45, 2.75) is 26.0 Å². The second kappa shape index (κ2) is 8.01. The number of hydrogen-bond donors (Lipinski definition) is 1. The van der Waals surface area contributed by atoms with E-state index in [9.17, 15) is 5.11 Å². The van der Waals surface area contributed by atoms with Crippen molar-refractivity contribution in [2.75, 3.05) is 33.7 Å². The summed E-state index contributed by atoms with van der Waals surface area (Å²) >= 11 is 0. The molecule has 0 aromatic heterocycles. The number of likely N-dealkylation sites (N-methyl/N-ethyl adjacent to an activating group) is 2. The van der Waals surface area contributed by atoms with E-state index >= 15 is 0 Å². The van der Waals surface area contributed by atoms with Gasteiger partial charge < -0.3 is 10.0 Å². The van der Waals surface area contributed by atoms with Crippen LogP contribution in [0.25, 0.3) is 0 Å². The standard InChI is InChI=1S/C16H25N3O/c1-5-19(13(2)11-18(3)4)12-16(20)15-8-6-14(10-17)7-9-15/h6-9,13,16,20H,5,11-12H2,1-4H3. The molecule has 1 N–H and O–H groups in total. The van der Waals surface area contributed by atoms with Crippen molar-refractivity contribution >= 4 is 0 Å². The van der Waals surface area contributed by atoms with Gasteiger partial charge in [-0.1, -0.05) is 19.1 Å². The van der Waals surface area contributed by atoms with Gasteiger partial charge in [-0.25, -0.2) is 0 Å². The van der Waals surface area contributed by atoms with Crippen LogP contribution in [0.3, 0.4) is 0 Å². The zero-order chi connectivity index (χ0) is 15.1. The molecule has 20 heavy (non-hydrogen) atoms. The molecule has 0 saturated carbocycles. The molecule has 0 spiro atoms. The van der Waals surface area contributed by atoms with Crippen molar-refractivity contribution in [3.05, 3.63) is 35.4 Å². The lowest BCUT2D eigenvalue weighted by atomic mass is 10.1. The molecule has 0 amide bonds. The third-order valence-corrected chi connectivity index (χ3v) is 3.49. The molecule has 0 fully saturated rings. The zero-order valence-electron chi connectivity index (χ0n) is 12.9. The lowest BCUT2D eigenvalue weighted by molar-refractivity contribution is 0.0859. The van der Waals surface area contributed by atoms with Gasteiger partial charge in [0.2, 0.25) is 0 Å². The molecule has 1 aromatic carbocycles. The molecule has 2 unspecified atom stereocenters. The second-order valence-electron chi connectivity index (χ2n) is 5.45. The topological polar surface area (TPSA) is 50.5 Å². The van der Waals surface area contributed by atoms with Gasteiger partial charge in [-0.05, 0) is 45.3 Å².